The summed E-state index contributed by atoms with van der Waals surface area (Å²) in [6, 6.07) is 12.7. The predicted octanol–water partition coefficient (Wildman–Crippen LogP) is 8.79. The van der Waals surface area contributed by atoms with Crippen LogP contribution in [0.5, 0.6) is 5.75 Å². The number of unbranched alkanes of at least 4 members (excludes halogenated alkanes) is 11. The summed E-state index contributed by atoms with van der Waals surface area (Å²) >= 11 is 1.71. The first kappa shape index (κ1) is 30.8. The Morgan fingerprint density at radius 1 is 0.923 bits per heavy atom. The highest BCUT2D eigenvalue weighted by Crippen LogP contribution is 2.24. The van der Waals surface area contributed by atoms with Crippen LogP contribution in [0.25, 0.3) is 0 Å². The highest BCUT2D eigenvalue weighted by molar-refractivity contribution is 7.09. The lowest BCUT2D eigenvalue weighted by Gasteiger charge is -2.13. The smallest absolute Gasteiger partial charge is 0.234 e. The summed E-state index contributed by atoms with van der Waals surface area (Å²) in [5, 5.41) is 6.26. The van der Waals surface area contributed by atoms with E-state index in [4.69, 9.17) is 4.74 Å². The highest BCUT2D eigenvalue weighted by Gasteiger charge is 2.15. The third kappa shape index (κ3) is 11.5. The molecule has 3 aromatic rings. The van der Waals surface area contributed by atoms with Gasteiger partial charge in [-0.25, -0.2) is 4.39 Å². The second kappa shape index (κ2) is 17.8. The Hall–Kier alpha value is -2.73. The van der Waals surface area contributed by atoms with Gasteiger partial charge < -0.3 is 10.1 Å². The van der Waals surface area contributed by atoms with Gasteiger partial charge in [-0.15, -0.1) is 0 Å². The van der Waals surface area contributed by atoms with Crippen molar-refractivity contribution in [2.45, 2.75) is 104 Å². The minimum Gasteiger partial charge on any atom is -0.490 e. The Morgan fingerprint density at radius 2 is 1.59 bits per heavy atom. The normalized spacial score (nSPS) is 11.1. The number of aromatic nitrogens is 1. The van der Waals surface area contributed by atoms with E-state index in [1.165, 1.54) is 75.3 Å². The number of ether oxygens (including phenoxy) is 1. The zero-order valence-corrected chi connectivity index (χ0v) is 24.7. The number of aryl methyl sites for hydroxylation is 1. The second-order valence-corrected chi connectivity index (χ2v) is 11.5. The maximum Gasteiger partial charge on any atom is 0.234 e. The van der Waals surface area contributed by atoms with Gasteiger partial charge in [-0.05, 0) is 24.6 Å². The minimum atomic E-state index is -0.413. The molecule has 212 valence electrons. The standard InChI is InChI=1S/C33H45FN2O2S/c1-3-4-5-6-7-8-9-10-11-12-13-14-22-38-33-29(18-16-20-31(33)34)25-32(37)35-30-19-15-17-28(24-30)26-36-21-23-39-27(36)2/h15-21,23-24H,3-14,22,25-26H2,1-2H3/p+1. The van der Waals surface area contributed by atoms with Crippen LogP contribution < -0.4 is 14.6 Å². The fourth-order valence-corrected chi connectivity index (χ4v) is 5.50. The lowest BCUT2D eigenvalue weighted by Crippen LogP contribution is -2.34. The molecule has 0 bridgehead atoms. The van der Waals surface area contributed by atoms with Crippen molar-refractivity contribution in [1.29, 1.82) is 0 Å². The van der Waals surface area contributed by atoms with Gasteiger partial charge in [0.1, 0.15) is 0 Å². The predicted molar refractivity (Wildman–Crippen MR) is 160 cm³/mol. The largest absolute Gasteiger partial charge is 0.490 e. The Balaban J connectivity index is 1.37. The third-order valence-electron chi connectivity index (χ3n) is 7.09. The molecule has 2 aromatic carbocycles. The molecule has 0 saturated heterocycles. The van der Waals surface area contributed by atoms with Crippen LogP contribution in [-0.2, 0) is 17.8 Å². The average molecular weight is 554 g/mol. The van der Waals surface area contributed by atoms with E-state index in [0.29, 0.717) is 12.2 Å². The molecule has 0 aliphatic rings. The summed E-state index contributed by atoms with van der Waals surface area (Å²) in [5.41, 5.74) is 2.42. The van der Waals surface area contributed by atoms with Crippen LogP contribution in [0.15, 0.2) is 54.0 Å². The number of nitrogens with one attached hydrogen (secondary N) is 1. The Morgan fingerprint density at radius 3 is 2.26 bits per heavy atom. The Kier molecular flexibility index (Phi) is 14.0. The van der Waals surface area contributed by atoms with Gasteiger partial charge in [-0.2, -0.15) is 4.57 Å². The molecule has 1 N–H and O–H groups in total. The van der Waals surface area contributed by atoms with E-state index in [-0.39, 0.29) is 18.1 Å². The number of carbonyl (C=O) groups excluding carboxylic acids is 1. The van der Waals surface area contributed by atoms with E-state index in [2.05, 4.69) is 35.3 Å². The van der Waals surface area contributed by atoms with Gasteiger partial charge in [0.15, 0.2) is 24.3 Å². The van der Waals surface area contributed by atoms with Crippen LogP contribution in [0.2, 0.25) is 0 Å². The van der Waals surface area contributed by atoms with Crippen molar-refractivity contribution < 1.29 is 18.5 Å². The number of nitrogens with zero attached hydrogens (tertiary/aromatic N) is 1. The molecule has 3 rings (SSSR count). The number of thiazole rings is 1. The van der Waals surface area contributed by atoms with Gasteiger partial charge in [0, 0.05) is 23.7 Å². The maximum atomic E-state index is 14.6. The molecule has 0 aliphatic heterocycles. The fraction of sp³-hybridized carbons (Fsp3) is 0.515. The number of para-hydroxylation sites is 1. The number of rotatable bonds is 19. The summed E-state index contributed by atoms with van der Waals surface area (Å²) in [6.07, 6.45) is 17.4. The Bertz CT molecular complexity index is 1130. The van der Waals surface area contributed by atoms with Crippen LogP contribution in [0, 0.1) is 12.7 Å². The molecule has 0 unspecified atom stereocenters. The van der Waals surface area contributed by atoms with Gasteiger partial charge >= 0.3 is 0 Å². The number of benzene rings is 2. The number of halogens is 1. The first-order valence-corrected chi connectivity index (χ1v) is 15.7. The lowest BCUT2D eigenvalue weighted by molar-refractivity contribution is -0.689. The van der Waals surface area contributed by atoms with Crippen LogP contribution >= 0.6 is 11.3 Å². The van der Waals surface area contributed by atoms with Crippen molar-refractivity contribution in [2.24, 2.45) is 0 Å². The molecule has 1 aromatic heterocycles. The molecule has 0 saturated carbocycles. The molecule has 1 heterocycles. The summed E-state index contributed by atoms with van der Waals surface area (Å²) in [4.78, 5) is 12.8. The van der Waals surface area contributed by atoms with E-state index in [9.17, 15) is 9.18 Å². The van der Waals surface area contributed by atoms with Gasteiger partial charge in [-0.3, -0.25) is 4.79 Å². The molecular formula is C33H46FN2O2S+. The highest BCUT2D eigenvalue weighted by atomic mass is 32.1. The van der Waals surface area contributed by atoms with E-state index < -0.39 is 5.82 Å². The van der Waals surface area contributed by atoms with Crippen molar-refractivity contribution in [2.75, 3.05) is 11.9 Å². The monoisotopic (exact) mass is 553 g/mol. The van der Waals surface area contributed by atoms with Crippen molar-refractivity contribution >= 4 is 22.9 Å². The van der Waals surface area contributed by atoms with Crippen LogP contribution in [0.1, 0.15) is 100 Å². The molecule has 0 spiro atoms. The first-order chi connectivity index (χ1) is 19.1. The van der Waals surface area contributed by atoms with Crippen LogP contribution in [0.3, 0.4) is 0 Å². The van der Waals surface area contributed by atoms with Crippen molar-refractivity contribution in [3.05, 3.63) is 76.0 Å². The van der Waals surface area contributed by atoms with Gasteiger partial charge in [0.25, 0.3) is 0 Å². The molecule has 6 heteroatoms. The fourth-order valence-electron chi connectivity index (χ4n) is 4.83. The molecule has 1 amide bonds. The molecule has 0 radical (unpaired) electrons. The van der Waals surface area contributed by atoms with E-state index >= 15 is 0 Å². The first-order valence-electron chi connectivity index (χ1n) is 14.8. The van der Waals surface area contributed by atoms with Gasteiger partial charge in [0.2, 0.25) is 10.9 Å². The zero-order valence-electron chi connectivity index (χ0n) is 23.9. The molecular weight excluding hydrogens is 507 g/mol. The molecule has 4 nitrogen and oxygen atoms in total. The SMILES string of the molecule is CCCCCCCCCCCCCCOc1c(F)cccc1CC(=O)Nc1cccc(C[n+]2ccsc2C)c1. The molecule has 0 aliphatic carbocycles. The van der Waals surface area contributed by atoms with Gasteiger partial charge in [0.05, 0.1) is 18.4 Å². The average Bonchev–Trinajstić information content (AvgIpc) is 3.32. The van der Waals surface area contributed by atoms with Crippen molar-refractivity contribution in [3.8, 4) is 5.75 Å². The summed E-state index contributed by atoms with van der Waals surface area (Å²) in [7, 11) is 0. The minimum absolute atomic E-state index is 0.0636. The lowest BCUT2D eigenvalue weighted by atomic mass is 10.1. The quantitative estimate of drug-likeness (QED) is 0.119. The van der Waals surface area contributed by atoms with E-state index in [1.807, 2.05) is 24.3 Å². The number of carbonyl (C=O) groups is 1. The molecule has 0 atom stereocenters. The summed E-state index contributed by atoms with van der Waals surface area (Å²) in [5.74, 6) is -0.398. The Labute approximate surface area is 238 Å². The van der Waals surface area contributed by atoms with Crippen molar-refractivity contribution in [3.63, 3.8) is 0 Å². The zero-order chi connectivity index (χ0) is 27.7. The molecule has 0 fully saturated rings. The van der Waals surface area contributed by atoms with E-state index in [1.54, 1.807) is 23.5 Å². The second-order valence-electron chi connectivity index (χ2n) is 10.4. The molecule has 39 heavy (non-hydrogen) atoms. The number of anilines is 1. The van der Waals surface area contributed by atoms with E-state index in [0.717, 1.165) is 30.6 Å². The summed E-state index contributed by atoms with van der Waals surface area (Å²) < 4.78 is 22.6. The van der Waals surface area contributed by atoms with Crippen molar-refractivity contribution in [1.82, 2.24) is 0 Å². The maximum absolute atomic E-state index is 14.6. The van der Waals surface area contributed by atoms with Crippen LogP contribution in [0.4, 0.5) is 10.1 Å². The van der Waals surface area contributed by atoms with Gasteiger partial charge in [-0.1, -0.05) is 113 Å². The van der Waals surface area contributed by atoms with Crippen LogP contribution in [-0.4, -0.2) is 12.5 Å². The summed E-state index contributed by atoms with van der Waals surface area (Å²) in [6.45, 7) is 5.57. The topological polar surface area (TPSA) is 42.2 Å². The number of hydrogen-bond donors (Lipinski definition) is 1. The third-order valence-corrected chi connectivity index (χ3v) is 7.92. The number of amides is 1. The number of hydrogen-bond acceptors (Lipinski definition) is 3.